The van der Waals surface area contributed by atoms with Crippen LogP contribution in [0.4, 0.5) is 0 Å². The maximum atomic E-state index is 13.9. The number of benzene rings is 1. The van der Waals surface area contributed by atoms with Gasteiger partial charge in [0.05, 0.1) is 29.9 Å². The fourth-order valence-electron chi connectivity index (χ4n) is 5.29. The van der Waals surface area contributed by atoms with Crippen molar-refractivity contribution in [3.05, 3.63) is 144 Å². The number of rotatable bonds is 13. The largest absolute Gasteiger partial charge is 2.00 e. The third kappa shape index (κ3) is 26.4. The average Bonchev–Trinajstić information content (AvgIpc) is 3.74. The molecule has 1 aromatic carbocycles. The van der Waals surface area contributed by atoms with Crippen molar-refractivity contribution in [2.45, 2.75) is 52.1 Å². The Kier molecular flexibility index (Phi) is 28.0. The van der Waals surface area contributed by atoms with Crippen LogP contribution in [0.25, 0.3) is 0 Å². The second-order valence-electron chi connectivity index (χ2n) is 11.9. The molecular weight excluding hydrogens is 918 g/mol. The fraction of sp³-hybridized carbons (Fsp3) is 0.297. The number of nitrogens with zero attached hydrogens (tertiary/aromatic N) is 6. The Morgan fingerprint density at radius 1 is 0.542 bits per heavy atom. The van der Waals surface area contributed by atoms with Gasteiger partial charge in [0.1, 0.15) is 5.75 Å². The Bertz CT molecular complexity index is 1580. The third-order valence-electron chi connectivity index (χ3n) is 7.51. The molecule has 2 radical (unpaired) electrons. The topological polar surface area (TPSA) is 314 Å². The van der Waals surface area contributed by atoms with Crippen LogP contribution in [-0.4, -0.2) is 55.5 Å². The normalized spacial score (nSPS) is 11.8. The molecule has 6 rings (SSSR count). The minimum absolute atomic E-state index is 0. The Labute approximate surface area is 367 Å². The number of hydrogen-bond donors (Lipinski definition) is 0. The Morgan fingerprint density at radius 3 is 1.03 bits per heavy atom. The summed E-state index contributed by atoms with van der Waals surface area (Å²) in [5.74, 6) is 0.658. The number of hydrogen-bond acceptors (Lipinski definition) is 18. The number of halogens is 2. The minimum atomic E-state index is -4.94. The molecule has 0 aliphatic carbocycles. The first-order valence-corrected chi connectivity index (χ1v) is 19.4. The van der Waals surface area contributed by atoms with Crippen LogP contribution in [0.2, 0.25) is 0 Å². The van der Waals surface area contributed by atoms with Gasteiger partial charge >= 0.3 is 34.1 Å². The van der Waals surface area contributed by atoms with Gasteiger partial charge in [-0.2, -0.15) is 0 Å². The Morgan fingerprint density at radius 2 is 0.831 bits per heavy atom. The van der Waals surface area contributed by atoms with Crippen LogP contribution in [0, 0.1) is 20.5 Å². The minimum Gasteiger partial charge on any atom is -0.872 e. The van der Waals surface area contributed by atoms with Crippen molar-refractivity contribution in [3.8, 4) is 11.5 Å². The van der Waals surface area contributed by atoms with Gasteiger partial charge in [0, 0.05) is 77.3 Å². The molecule has 5 heterocycles. The second kappa shape index (κ2) is 29.7. The van der Waals surface area contributed by atoms with Crippen LogP contribution in [0.3, 0.4) is 0 Å². The SMILES string of the molecule is C1CCOC1.COc1cc(CN(Cc2ccccn2)Cc2ccccn2)c([O-])c(CN(Cc2ccccn2)Cc2ccccn2)c1.[Cu+2].[Cu+2].[O-][Cl+3]([O-])([O-])[O-].[O-][Cl+3]([O-])([O-])[O-].[OH-]. The second-order valence-corrected chi connectivity index (χ2v) is 13.4. The maximum Gasteiger partial charge on any atom is 2.00 e. The molecule has 1 N–H and O–H groups in total. The zero-order chi connectivity index (χ0) is 40.8. The predicted octanol–water partition coefficient (Wildman–Crippen LogP) is -4.14. The molecule has 1 aliphatic heterocycles. The maximum absolute atomic E-state index is 13.9. The van der Waals surface area contributed by atoms with Crippen molar-refractivity contribution in [1.82, 2.24) is 29.7 Å². The fourth-order valence-corrected chi connectivity index (χ4v) is 5.29. The van der Waals surface area contributed by atoms with Crippen molar-refractivity contribution < 1.29 is 112 Å². The zero-order valence-corrected chi connectivity index (χ0v) is 34.8. The van der Waals surface area contributed by atoms with Crippen molar-refractivity contribution in [2.24, 2.45) is 0 Å². The van der Waals surface area contributed by atoms with Gasteiger partial charge in [-0.25, -0.2) is 37.3 Å². The van der Waals surface area contributed by atoms with E-state index in [9.17, 15) is 5.11 Å². The molecule has 0 amide bonds. The summed E-state index contributed by atoms with van der Waals surface area (Å²) in [5, 5.41) is 13.9. The molecule has 0 unspecified atom stereocenters. The van der Waals surface area contributed by atoms with Crippen LogP contribution in [0.1, 0.15) is 46.7 Å². The van der Waals surface area contributed by atoms with Gasteiger partial charge in [-0.3, -0.25) is 29.7 Å². The van der Waals surface area contributed by atoms with Crippen LogP contribution in [0.15, 0.2) is 110 Å². The van der Waals surface area contributed by atoms with E-state index in [4.69, 9.17) is 46.7 Å². The molecule has 328 valence electrons. The van der Waals surface area contributed by atoms with E-state index in [1.165, 1.54) is 12.8 Å². The van der Waals surface area contributed by atoms with Crippen LogP contribution >= 0.6 is 0 Å². The van der Waals surface area contributed by atoms with E-state index in [0.29, 0.717) is 56.1 Å². The number of ether oxygens (including phenoxy) is 2. The summed E-state index contributed by atoms with van der Waals surface area (Å²) >= 11 is 0. The van der Waals surface area contributed by atoms with Crippen LogP contribution < -0.4 is 47.1 Å². The molecular formula is C37H42Cl2Cu2N6O12. The van der Waals surface area contributed by atoms with E-state index >= 15 is 0 Å². The number of pyridine rings is 4. The third-order valence-corrected chi connectivity index (χ3v) is 7.51. The van der Waals surface area contributed by atoms with Crippen molar-refractivity contribution >= 4 is 0 Å². The van der Waals surface area contributed by atoms with Crippen molar-refractivity contribution in [2.75, 3.05) is 20.3 Å². The van der Waals surface area contributed by atoms with Crippen LogP contribution in [0.5, 0.6) is 11.5 Å². The van der Waals surface area contributed by atoms with E-state index in [1.54, 1.807) is 31.9 Å². The zero-order valence-electron chi connectivity index (χ0n) is 31.4. The molecule has 0 spiro atoms. The summed E-state index contributed by atoms with van der Waals surface area (Å²) in [7, 11) is -8.26. The summed E-state index contributed by atoms with van der Waals surface area (Å²) in [6.45, 7) is 5.17. The smallest absolute Gasteiger partial charge is 0.872 e. The van der Waals surface area contributed by atoms with Crippen molar-refractivity contribution in [3.63, 3.8) is 0 Å². The molecule has 1 fully saturated rings. The molecule has 5 aromatic rings. The molecule has 1 aliphatic rings. The molecule has 0 bridgehead atoms. The van der Waals surface area contributed by atoms with E-state index < -0.39 is 20.5 Å². The van der Waals surface area contributed by atoms with Gasteiger partial charge in [0.15, 0.2) is 0 Å². The Balaban J connectivity index is 0.00000159. The van der Waals surface area contributed by atoms with Gasteiger partial charge in [0.25, 0.3) is 0 Å². The first-order valence-electron chi connectivity index (χ1n) is 16.9. The summed E-state index contributed by atoms with van der Waals surface area (Å²) < 4.78 is 78.6. The van der Waals surface area contributed by atoms with E-state index in [-0.39, 0.29) is 45.4 Å². The molecule has 0 saturated carbocycles. The first kappa shape index (κ1) is 55.6. The monoisotopic (exact) mass is 958 g/mol. The molecule has 4 aromatic heterocycles. The van der Waals surface area contributed by atoms with E-state index in [2.05, 4.69) is 29.7 Å². The van der Waals surface area contributed by atoms with Gasteiger partial charge in [-0.05, 0) is 84.6 Å². The van der Waals surface area contributed by atoms with E-state index in [1.807, 2.05) is 84.9 Å². The first-order chi connectivity index (χ1) is 26.7. The summed E-state index contributed by atoms with van der Waals surface area (Å²) in [4.78, 5) is 22.4. The molecule has 1 saturated heterocycles. The van der Waals surface area contributed by atoms with E-state index in [0.717, 1.165) is 36.0 Å². The molecule has 18 nitrogen and oxygen atoms in total. The molecule has 22 heteroatoms. The average molecular weight is 961 g/mol. The standard InChI is InChI=1S/C33H34N6O2.C4H8O.2ClHO4.2Cu.H2O/c1-41-32-18-26(20-38(22-28-10-2-6-14-34-28)23-29-11-3-7-15-35-29)33(40)27(19-32)21-39(24-30-12-4-8-16-36-30)25-31-13-5-9-17-37-31;1-2-4-5-3-1;2*2-1(3,4)5;;;/h2-19,40H,20-25H2,1H3;1-4H2;2*(H,2,3,4,5);;;1H2/q;;;;2*+2;/p-4. The van der Waals surface area contributed by atoms with Crippen molar-refractivity contribution in [1.29, 1.82) is 0 Å². The van der Waals surface area contributed by atoms with Gasteiger partial charge < -0.3 is 20.1 Å². The van der Waals surface area contributed by atoms with Crippen LogP contribution in [-0.2, 0) is 78.1 Å². The molecule has 59 heavy (non-hydrogen) atoms. The van der Waals surface area contributed by atoms with Gasteiger partial charge in [-0.15, -0.1) is 20.5 Å². The predicted molar refractivity (Wildman–Crippen MR) is 177 cm³/mol. The quantitative estimate of drug-likeness (QED) is 0.101. The molecule has 0 atom stereocenters. The summed E-state index contributed by atoms with van der Waals surface area (Å²) in [5.41, 5.74) is 5.04. The van der Waals surface area contributed by atoms with Gasteiger partial charge in [-0.1, -0.05) is 30.0 Å². The Hall–Kier alpha value is -3.44. The number of methoxy groups -OCH3 is 1. The van der Waals surface area contributed by atoms with Gasteiger partial charge in [0.2, 0.25) is 0 Å². The summed E-state index contributed by atoms with van der Waals surface area (Å²) in [6, 6.07) is 27.2. The summed E-state index contributed by atoms with van der Waals surface area (Å²) in [6.07, 6.45) is 9.70. The number of aromatic nitrogens is 4.